The number of aromatic nitrogens is 2. The van der Waals surface area contributed by atoms with Crippen LogP contribution in [-0.2, 0) is 9.47 Å². The summed E-state index contributed by atoms with van der Waals surface area (Å²) in [6, 6.07) is 1.92. The predicted molar refractivity (Wildman–Crippen MR) is 98.8 cm³/mol. The third-order valence-corrected chi connectivity index (χ3v) is 4.87. The summed E-state index contributed by atoms with van der Waals surface area (Å²) >= 11 is 1.69. The van der Waals surface area contributed by atoms with Crippen LogP contribution < -0.4 is 10.6 Å². The Balaban J connectivity index is 2.01. The molecule has 0 aromatic carbocycles. The van der Waals surface area contributed by atoms with Crippen LogP contribution in [0.4, 0.5) is 5.82 Å². The fourth-order valence-electron chi connectivity index (χ4n) is 2.68. The maximum atomic E-state index is 12.4. The second kappa shape index (κ2) is 10.1. The van der Waals surface area contributed by atoms with Crippen LogP contribution in [0.2, 0.25) is 0 Å². The monoisotopic (exact) mass is 355 g/mol. The van der Waals surface area contributed by atoms with E-state index in [1.807, 2.05) is 12.3 Å². The summed E-state index contributed by atoms with van der Waals surface area (Å²) in [5.41, 5.74) is -0.254. The van der Waals surface area contributed by atoms with Gasteiger partial charge in [-0.1, -0.05) is 20.8 Å². The lowest BCUT2D eigenvalue weighted by atomic mass is 10.3. The Morgan fingerprint density at radius 3 is 2.71 bits per heavy atom. The van der Waals surface area contributed by atoms with Gasteiger partial charge in [0.25, 0.3) is 0 Å². The summed E-state index contributed by atoms with van der Waals surface area (Å²) < 4.78 is 13.0. The van der Waals surface area contributed by atoms with E-state index >= 15 is 0 Å². The number of rotatable bonds is 10. The number of thioether (sulfide) groups is 1. The molecule has 136 valence electrons. The molecule has 6 nitrogen and oxygen atoms in total. The van der Waals surface area contributed by atoms with Crippen molar-refractivity contribution in [2.24, 2.45) is 0 Å². The lowest BCUT2D eigenvalue weighted by molar-refractivity contribution is -0.0245. The van der Waals surface area contributed by atoms with E-state index in [1.54, 1.807) is 16.3 Å². The summed E-state index contributed by atoms with van der Waals surface area (Å²) in [5.74, 6) is 1.50. The molecule has 1 aromatic heterocycles. The van der Waals surface area contributed by atoms with Crippen molar-refractivity contribution >= 4 is 17.6 Å². The third-order valence-electron chi connectivity index (χ3n) is 3.77. The zero-order valence-corrected chi connectivity index (χ0v) is 15.8. The van der Waals surface area contributed by atoms with Crippen LogP contribution in [0, 0.1) is 0 Å². The van der Waals surface area contributed by atoms with E-state index in [2.05, 4.69) is 30.7 Å². The van der Waals surface area contributed by atoms with Crippen LogP contribution in [0.15, 0.2) is 17.1 Å². The zero-order valence-electron chi connectivity index (χ0n) is 14.9. The van der Waals surface area contributed by atoms with Crippen molar-refractivity contribution in [2.75, 3.05) is 37.0 Å². The molecule has 2 heterocycles. The van der Waals surface area contributed by atoms with Crippen molar-refractivity contribution in [3.63, 3.8) is 0 Å². The molecule has 0 saturated carbocycles. The maximum Gasteiger partial charge on any atom is 0.351 e. The van der Waals surface area contributed by atoms with Gasteiger partial charge in [-0.15, -0.1) is 11.8 Å². The number of nitrogens with zero attached hydrogens (tertiary/aromatic N) is 3. The second-order valence-electron chi connectivity index (χ2n) is 5.89. The summed E-state index contributed by atoms with van der Waals surface area (Å²) in [6.07, 6.45) is 4.62. The quantitative estimate of drug-likeness (QED) is 0.602. The number of ether oxygens (including phenoxy) is 2. The Morgan fingerprint density at radius 2 is 2.08 bits per heavy atom. The Kier molecular flexibility index (Phi) is 8.08. The second-order valence-corrected chi connectivity index (χ2v) is 7.08. The van der Waals surface area contributed by atoms with Gasteiger partial charge in [-0.05, 0) is 25.3 Å². The molecule has 1 aliphatic heterocycles. The van der Waals surface area contributed by atoms with E-state index in [9.17, 15) is 4.79 Å². The molecule has 24 heavy (non-hydrogen) atoms. The number of anilines is 1. The van der Waals surface area contributed by atoms with Crippen molar-refractivity contribution in [1.29, 1.82) is 0 Å². The van der Waals surface area contributed by atoms with Gasteiger partial charge in [0.05, 0.1) is 6.61 Å². The van der Waals surface area contributed by atoms with E-state index in [0.29, 0.717) is 6.61 Å². The first-order valence-electron chi connectivity index (χ1n) is 8.88. The minimum absolute atomic E-state index is 0.00944. The minimum Gasteiger partial charge on any atom is -0.378 e. The van der Waals surface area contributed by atoms with Gasteiger partial charge in [0, 0.05) is 31.6 Å². The van der Waals surface area contributed by atoms with Crippen molar-refractivity contribution in [2.45, 2.75) is 51.7 Å². The van der Waals surface area contributed by atoms with E-state index in [4.69, 9.17) is 9.47 Å². The lowest BCUT2D eigenvalue weighted by Gasteiger charge is -2.23. The molecule has 1 saturated heterocycles. The SMILES string of the molecule is CCCOC[C@H]1O[C@@H](n2ccc(N(CCC)CCC)nc2=O)CS1. The summed E-state index contributed by atoms with van der Waals surface area (Å²) in [6.45, 7) is 9.48. The molecule has 2 atom stereocenters. The molecule has 0 unspecified atom stereocenters. The normalized spacial score (nSPS) is 20.5. The molecule has 1 aromatic rings. The van der Waals surface area contributed by atoms with Crippen molar-refractivity contribution < 1.29 is 9.47 Å². The van der Waals surface area contributed by atoms with Crippen molar-refractivity contribution in [3.8, 4) is 0 Å². The van der Waals surface area contributed by atoms with Crippen LogP contribution in [-0.4, -0.2) is 47.0 Å². The minimum atomic E-state index is -0.259. The first-order chi connectivity index (χ1) is 11.7. The number of hydrogen-bond donors (Lipinski definition) is 0. The van der Waals surface area contributed by atoms with Crippen LogP contribution in [0.25, 0.3) is 0 Å². The molecule has 0 bridgehead atoms. The molecule has 0 aliphatic carbocycles. The number of hydrogen-bond acceptors (Lipinski definition) is 6. The van der Waals surface area contributed by atoms with Crippen molar-refractivity contribution in [1.82, 2.24) is 9.55 Å². The van der Waals surface area contributed by atoms with Crippen LogP contribution in [0.3, 0.4) is 0 Å². The molecular formula is C17H29N3O3S. The van der Waals surface area contributed by atoms with Gasteiger partial charge < -0.3 is 14.4 Å². The molecular weight excluding hydrogens is 326 g/mol. The molecule has 0 radical (unpaired) electrons. The highest BCUT2D eigenvalue weighted by molar-refractivity contribution is 8.00. The van der Waals surface area contributed by atoms with Crippen LogP contribution >= 0.6 is 11.8 Å². The van der Waals surface area contributed by atoms with E-state index < -0.39 is 0 Å². The highest BCUT2D eigenvalue weighted by Gasteiger charge is 2.28. The average molecular weight is 356 g/mol. The largest absolute Gasteiger partial charge is 0.378 e. The average Bonchev–Trinajstić information content (AvgIpc) is 3.03. The topological polar surface area (TPSA) is 56.6 Å². The molecule has 0 spiro atoms. The molecule has 7 heteroatoms. The smallest absolute Gasteiger partial charge is 0.351 e. The Labute approximate surface area is 148 Å². The van der Waals surface area contributed by atoms with Gasteiger partial charge in [0.1, 0.15) is 17.5 Å². The van der Waals surface area contributed by atoms with E-state index in [0.717, 1.165) is 50.5 Å². The molecule has 0 amide bonds. The Morgan fingerprint density at radius 1 is 1.33 bits per heavy atom. The first-order valence-corrected chi connectivity index (χ1v) is 9.93. The molecule has 1 aliphatic rings. The highest BCUT2D eigenvalue weighted by Crippen LogP contribution is 2.31. The third kappa shape index (κ3) is 5.22. The summed E-state index contributed by atoms with van der Waals surface area (Å²) in [5, 5.41) is 0. The van der Waals surface area contributed by atoms with Crippen molar-refractivity contribution in [3.05, 3.63) is 22.7 Å². The molecule has 2 rings (SSSR count). The Hall–Kier alpha value is -1.05. The zero-order chi connectivity index (χ0) is 17.4. The van der Waals surface area contributed by atoms with E-state index in [-0.39, 0.29) is 17.4 Å². The maximum absolute atomic E-state index is 12.4. The standard InChI is InChI=1S/C17H29N3O3S/c1-4-8-19(9-5-2)14-7-10-20(17(21)18-14)15-13-24-16(23-15)12-22-11-6-3/h7,10,15-16H,4-6,8-9,11-13H2,1-3H3/t15-,16+/m1/s1. The van der Waals surface area contributed by atoms with Gasteiger partial charge >= 0.3 is 5.69 Å². The fourth-order valence-corrected chi connectivity index (χ4v) is 3.70. The van der Waals surface area contributed by atoms with Gasteiger partial charge in [0.15, 0.2) is 0 Å². The lowest BCUT2D eigenvalue weighted by Crippen LogP contribution is -2.33. The van der Waals surface area contributed by atoms with Gasteiger partial charge in [0.2, 0.25) is 0 Å². The van der Waals surface area contributed by atoms with Gasteiger partial charge in [-0.25, -0.2) is 4.79 Å². The van der Waals surface area contributed by atoms with Gasteiger partial charge in [-0.2, -0.15) is 4.98 Å². The summed E-state index contributed by atoms with van der Waals surface area (Å²) in [4.78, 5) is 18.8. The van der Waals surface area contributed by atoms with Gasteiger partial charge in [-0.3, -0.25) is 4.57 Å². The highest BCUT2D eigenvalue weighted by atomic mass is 32.2. The first kappa shape index (κ1) is 19.3. The van der Waals surface area contributed by atoms with E-state index in [1.165, 1.54) is 0 Å². The molecule has 0 N–H and O–H groups in total. The van der Waals surface area contributed by atoms with Crippen LogP contribution in [0.1, 0.15) is 46.3 Å². The van der Waals surface area contributed by atoms with Crippen LogP contribution in [0.5, 0.6) is 0 Å². The summed E-state index contributed by atoms with van der Waals surface area (Å²) in [7, 11) is 0. The molecule has 1 fully saturated rings. The Bertz CT molecular complexity index is 546. The predicted octanol–water partition coefficient (Wildman–Crippen LogP) is 2.88. The fraction of sp³-hybridized carbons (Fsp3) is 0.765.